The van der Waals surface area contributed by atoms with E-state index in [1.165, 1.54) is 23.3 Å². The molecule has 0 saturated heterocycles. The summed E-state index contributed by atoms with van der Waals surface area (Å²) in [6.07, 6.45) is 1.51. The lowest BCUT2D eigenvalue weighted by Gasteiger charge is -2.22. The molecule has 10 heteroatoms. The lowest BCUT2D eigenvalue weighted by molar-refractivity contribution is -0.134. The fraction of sp³-hybridized carbons (Fsp3) is 0.115. The molecule has 1 heterocycles. The van der Waals surface area contributed by atoms with Crippen LogP contribution in [-0.4, -0.2) is 25.8 Å². The highest BCUT2D eigenvalue weighted by Crippen LogP contribution is 2.22. The second kappa shape index (κ2) is 11.3. The van der Waals surface area contributed by atoms with Crippen LogP contribution in [0.3, 0.4) is 0 Å². The number of hydrogen-bond acceptors (Lipinski definition) is 6. The van der Waals surface area contributed by atoms with E-state index < -0.39 is 15.9 Å². The number of hydrogen-bond donors (Lipinski definition) is 0. The summed E-state index contributed by atoms with van der Waals surface area (Å²) in [5.41, 5.74) is 0.619. The summed E-state index contributed by atoms with van der Waals surface area (Å²) < 4.78 is 54.5. The highest BCUT2D eigenvalue weighted by Gasteiger charge is 2.19. The minimum atomic E-state index is -4.17. The van der Waals surface area contributed by atoms with Crippen LogP contribution in [0.2, 0.25) is 5.02 Å². The Morgan fingerprint density at radius 3 is 2.36 bits per heavy atom. The van der Waals surface area contributed by atoms with E-state index in [-0.39, 0.29) is 36.2 Å². The second-order valence-corrected chi connectivity index (χ2v) is 9.69. The molecule has 1 aromatic heterocycles. The SMILES string of the molecule is O=C(COc1ccc(Cl)cc1)N(Cc1cccc(OS(=O)(=O)c2ccc(F)cc2)c1)Cc1ccco1. The third kappa shape index (κ3) is 6.87. The topological polar surface area (TPSA) is 86.0 Å². The number of nitrogens with zero attached hydrogens (tertiary/aromatic N) is 1. The van der Waals surface area contributed by atoms with Crippen LogP contribution in [0.4, 0.5) is 4.39 Å². The molecular weight excluding hydrogens is 509 g/mol. The molecule has 36 heavy (non-hydrogen) atoms. The highest BCUT2D eigenvalue weighted by molar-refractivity contribution is 7.87. The van der Waals surface area contributed by atoms with Crippen LogP contribution in [0.1, 0.15) is 11.3 Å². The minimum absolute atomic E-state index is 0.0552. The molecule has 1 amide bonds. The first-order chi connectivity index (χ1) is 17.3. The molecule has 0 aliphatic carbocycles. The summed E-state index contributed by atoms with van der Waals surface area (Å²) in [7, 11) is -4.17. The Balaban J connectivity index is 1.48. The van der Waals surface area contributed by atoms with E-state index in [9.17, 15) is 17.6 Å². The first-order valence-electron chi connectivity index (χ1n) is 10.8. The molecule has 0 aliphatic rings. The maximum atomic E-state index is 13.2. The Bertz CT molecular complexity index is 1410. The van der Waals surface area contributed by atoms with E-state index in [2.05, 4.69) is 0 Å². The number of rotatable bonds is 10. The van der Waals surface area contributed by atoms with E-state index in [1.807, 2.05) is 0 Å². The summed E-state index contributed by atoms with van der Waals surface area (Å²) >= 11 is 5.88. The van der Waals surface area contributed by atoms with Crippen molar-refractivity contribution in [1.82, 2.24) is 4.90 Å². The summed E-state index contributed by atoms with van der Waals surface area (Å²) in [5, 5.41) is 0.552. The number of benzene rings is 3. The number of halogens is 2. The predicted octanol–water partition coefficient (Wildman–Crippen LogP) is 5.45. The van der Waals surface area contributed by atoms with Gasteiger partial charge in [0.15, 0.2) is 6.61 Å². The molecule has 0 atom stereocenters. The van der Waals surface area contributed by atoms with Gasteiger partial charge in [0.1, 0.15) is 28.0 Å². The Labute approximate surface area is 212 Å². The van der Waals surface area contributed by atoms with Gasteiger partial charge in [-0.3, -0.25) is 4.79 Å². The van der Waals surface area contributed by atoms with Crippen molar-refractivity contribution < 1.29 is 30.9 Å². The van der Waals surface area contributed by atoms with Gasteiger partial charge in [0, 0.05) is 11.6 Å². The number of carbonyl (C=O) groups is 1. The van der Waals surface area contributed by atoms with Crippen molar-refractivity contribution in [3.05, 3.63) is 113 Å². The zero-order valence-electron chi connectivity index (χ0n) is 18.8. The van der Waals surface area contributed by atoms with Crippen molar-refractivity contribution in [2.24, 2.45) is 0 Å². The van der Waals surface area contributed by atoms with E-state index in [1.54, 1.807) is 48.5 Å². The molecule has 0 unspecified atom stereocenters. The number of ether oxygens (including phenoxy) is 1. The van der Waals surface area contributed by atoms with Gasteiger partial charge in [0.05, 0.1) is 12.8 Å². The fourth-order valence-corrected chi connectivity index (χ4v) is 4.33. The van der Waals surface area contributed by atoms with Crippen molar-refractivity contribution in [3.8, 4) is 11.5 Å². The first-order valence-corrected chi connectivity index (χ1v) is 12.5. The van der Waals surface area contributed by atoms with Gasteiger partial charge >= 0.3 is 10.1 Å². The van der Waals surface area contributed by atoms with Gasteiger partial charge in [-0.2, -0.15) is 8.42 Å². The van der Waals surface area contributed by atoms with Crippen molar-refractivity contribution in [3.63, 3.8) is 0 Å². The molecule has 4 aromatic rings. The van der Waals surface area contributed by atoms with Crippen LogP contribution in [0.25, 0.3) is 0 Å². The van der Waals surface area contributed by atoms with Crippen LogP contribution in [0.5, 0.6) is 11.5 Å². The van der Waals surface area contributed by atoms with Gasteiger partial charge in [-0.15, -0.1) is 0 Å². The summed E-state index contributed by atoms with van der Waals surface area (Å²) in [4.78, 5) is 14.4. The highest BCUT2D eigenvalue weighted by atomic mass is 35.5. The largest absolute Gasteiger partial charge is 0.484 e. The average molecular weight is 530 g/mol. The lowest BCUT2D eigenvalue weighted by Crippen LogP contribution is -2.34. The molecule has 0 N–H and O–H groups in total. The molecular formula is C26H21ClFNO6S. The molecule has 3 aromatic carbocycles. The lowest BCUT2D eigenvalue weighted by atomic mass is 10.2. The summed E-state index contributed by atoms with van der Waals surface area (Å²) in [5.74, 6) is 0.247. The third-order valence-corrected chi connectivity index (χ3v) is 6.55. The zero-order valence-corrected chi connectivity index (χ0v) is 20.4. The maximum Gasteiger partial charge on any atom is 0.339 e. The predicted molar refractivity (Wildman–Crippen MR) is 131 cm³/mol. The molecule has 0 fully saturated rings. The zero-order chi connectivity index (χ0) is 25.5. The van der Waals surface area contributed by atoms with E-state index >= 15 is 0 Å². The van der Waals surface area contributed by atoms with Crippen LogP contribution in [0.15, 0.2) is 101 Å². The fourth-order valence-electron chi connectivity index (χ4n) is 3.28. The summed E-state index contributed by atoms with van der Waals surface area (Å²) in [6, 6.07) is 20.8. The van der Waals surface area contributed by atoms with Crippen LogP contribution in [0, 0.1) is 5.82 Å². The third-order valence-electron chi connectivity index (χ3n) is 5.04. The number of amides is 1. The Morgan fingerprint density at radius 1 is 0.917 bits per heavy atom. The monoisotopic (exact) mass is 529 g/mol. The van der Waals surface area contributed by atoms with Crippen LogP contribution < -0.4 is 8.92 Å². The van der Waals surface area contributed by atoms with Crippen LogP contribution >= 0.6 is 11.6 Å². The van der Waals surface area contributed by atoms with Crippen molar-refractivity contribution in [2.75, 3.05) is 6.61 Å². The van der Waals surface area contributed by atoms with Gasteiger partial charge in [-0.25, -0.2) is 4.39 Å². The molecule has 0 spiro atoms. The molecule has 0 saturated carbocycles. The maximum absolute atomic E-state index is 13.2. The Hall–Kier alpha value is -3.82. The van der Waals surface area contributed by atoms with Crippen LogP contribution in [-0.2, 0) is 28.0 Å². The second-order valence-electron chi connectivity index (χ2n) is 7.71. The number of carbonyl (C=O) groups excluding carboxylic acids is 1. The molecule has 186 valence electrons. The normalized spacial score (nSPS) is 11.2. The minimum Gasteiger partial charge on any atom is -0.484 e. The van der Waals surface area contributed by atoms with E-state index in [4.69, 9.17) is 24.9 Å². The van der Waals surface area contributed by atoms with Crippen molar-refractivity contribution >= 4 is 27.6 Å². The van der Waals surface area contributed by atoms with E-state index in [0.29, 0.717) is 22.1 Å². The molecule has 0 radical (unpaired) electrons. The van der Waals surface area contributed by atoms with Gasteiger partial charge < -0.3 is 18.2 Å². The average Bonchev–Trinajstić information content (AvgIpc) is 3.36. The summed E-state index contributed by atoms with van der Waals surface area (Å²) in [6.45, 7) is 0.0869. The van der Waals surface area contributed by atoms with E-state index in [0.717, 1.165) is 24.3 Å². The molecule has 0 aliphatic heterocycles. The van der Waals surface area contributed by atoms with Gasteiger partial charge in [-0.05, 0) is 78.4 Å². The quantitative estimate of drug-likeness (QED) is 0.254. The molecule has 4 rings (SSSR count). The van der Waals surface area contributed by atoms with Gasteiger partial charge in [0.2, 0.25) is 0 Å². The Morgan fingerprint density at radius 2 is 1.67 bits per heavy atom. The first kappa shape index (κ1) is 25.3. The molecule has 0 bridgehead atoms. The van der Waals surface area contributed by atoms with Crippen molar-refractivity contribution in [2.45, 2.75) is 18.0 Å². The van der Waals surface area contributed by atoms with Gasteiger partial charge in [0.25, 0.3) is 5.91 Å². The van der Waals surface area contributed by atoms with Gasteiger partial charge in [-0.1, -0.05) is 23.7 Å². The standard InChI is InChI=1S/C26H21ClFNO6S/c27-20-6-10-22(11-7-20)34-18-26(30)29(17-24-5-2-14-33-24)16-19-3-1-4-23(15-19)35-36(31,32)25-12-8-21(28)9-13-25/h1-15H,16-18H2. The smallest absolute Gasteiger partial charge is 0.339 e. The number of furan rings is 1. The van der Waals surface area contributed by atoms with Crippen molar-refractivity contribution in [1.29, 1.82) is 0 Å². The Kier molecular flexibility index (Phi) is 7.92. The molecule has 7 nitrogen and oxygen atoms in total.